The summed E-state index contributed by atoms with van der Waals surface area (Å²) in [5, 5.41) is 0.473. The van der Waals surface area contributed by atoms with Gasteiger partial charge in [-0.3, -0.25) is 4.79 Å². The van der Waals surface area contributed by atoms with Gasteiger partial charge in [-0.15, -0.1) is 0 Å². The molecule has 5 nitrogen and oxygen atoms in total. The number of fused-ring (bicyclic) bond motifs is 1. The summed E-state index contributed by atoms with van der Waals surface area (Å²) in [7, 11) is 1.33. The highest BCUT2D eigenvalue weighted by atomic mass is 35.5. The third-order valence-corrected chi connectivity index (χ3v) is 6.04. The van der Waals surface area contributed by atoms with E-state index in [1.165, 1.54) is 13.2 Å². The first-order chi connectivity index (χ1) is 16.0. The van der Waals surface area contributed by atoms with Gasteiger partial charge in [-0.2, -0.15) is 0 Å². The second kappa shape index (κ2) is 10.0. The van der Waals surface area contributed by atoms with Crippen LogP contribution < -0.4 is 0 Å². The number of ether oxygens (including phenoxy) is 2. The Bertz CT molecular complexity index is 1180. The molecule has 0 atom stereocenters. The van der Waals surface area contributed by atoms with Crippen molar-refractivity contribution in [1.82, 2.24) is 4.90 Å². The van der Waals surface area contributed by atoms with Crippen LogP contribution in [0.1, 0.15) is 22.3 Å². The molecule has 4 rings (SSSR count). The molecule has 0 spiro atoms. The molecule has 1 heterocycles. The van der Waals surface area contributed by atoms with E-state index in [1.807, 2.05) is 30.3 Å². The Morgan fingerprint density at radius 3 is 2.55 bits per heavy atom. The summed E-state index contributed by atoms with van der Waals surface area (Å²) in [6.07, 6.45) is 0.0157. The number of hydrogen-bond donors (Lipinski definition) is 0. The Labute approximate surface area is 196 Å². The molecule has 0 radical (unpaired) electrons. The molecule has 0 aromatic heterocycles. The van der Waals surface area contributed by atoms with E-state index >= 15 is 0 Å². The highest BCUT2D eigenvalue weighted by Gasteiger charge is 2.27. The summed E-state index contributed by atoms with van der Waals surface area (Å²) in [5.74, 6) is -0.676. The Kier molecular flexibility index (Phi) is 6.94. The molecule has 3 aromatic rings. The monoisotopic (exact) mass is 467 g/mol. The topological polar surface area (TPSA) is 55.8 Å². The molecule has 0 unspecified atom stereocenters. The van der Waals surface area contributed by atoms with Crippen LogP contribution in [0.25, 0.3) is 11.1 Å². The van der Waals surface area contributed by atoms with Crippen LogP contribution in [0.3, 0.4) is 0 Å². The smallest absolute Gasteiger partial charge is 0.410 e. The van der Waals surface area contributed by atoms with Crippen LogP contribution in [-0.2, 0) is 40.3 Å². The molecule has 0 fully saturated rings. The number of esters is 1. The van der Waals surface area contributed by atoms with E-state index in [-0.39, 0.29) is 31.4 Å². The number of amides is 1. The van der Waals surface area contributed by atoms with Gasteiger partial charge in [0.25, 0.3) is 0 Å². The first-order valence-electron chi connectivity index (χ1n) is 10.6. The number of methoxy groups -OCH3 is 1. The Hall–Kier alpha value is -3.38. The second-order valence-electron chi connectivity index (χ2n) is 7.83. The van der Waals surface area contributed by atoms with Crippen molar-refractivity contribution in [3.8, 4) is 11.1 Å². The minimum atomic E-state index is -0.453. The summed E-state index contributed by atoms with van der Waals surface area (Å²) < 4.78 is 24.9. The van der Waals surface area contributed by atoms with Crippen molar-refractivity contribution < 1.29 is 23.5 Å². The van der Waals surface area contributed by atoms with Crippen molar-refractivity contribution in [3.05, 3.63) is 93.8 Å². The Morgan fingerprint density at radius 2 is 1.79 bits per heavy atom. The van der Waals surface area contributed by atoms with E-state index in [1.54, 1.807) is 29.2 Å². The fourth-order valence-corrected chi connectivity index (χ4v) is 4.20. The first kappa shape index (κ1) is 22.8. The molecule has 1 aliphatic heterocycles. The number of halogens is 2. The van der Waals surface area contributed by atoms with Crippen molar-refractivity contribution in [2.75, 3.05) is 13.7 Å². The molecule has 0 aliphatic carbocycles. The van der Waals surface area contributed by atoms with Crippen LogP contribution in [0.15, 0.2) is 60.7 Å². The van der Waals surface area contributed by atoms with Gasteiger partial charge in [-0.1, -0.05) is 54.1 Å². The Morgan fingerprint density at radius 1 is 1.00 bits per heavy atom. The summed E-state index contributed by atoms with van der Waals surface area (Å²) >= 11 is 6.48. The van der Waals surface area contributed by atoms with Gasteiger partial charge in [-0.05, 0) is 52.4 Å². The molecule has 1 amide bonds. The summed E-state index contributed by atoms with van der Waals surface area (Å²) in [6.45, 7) is 0.727. The van der Waals surface area contributed by atoms with Gasteiger partial charge in [0.1, 0.15) is 12.4 Å². The Balaban J connectivity index is 1.60. The van der Waals surface area contributed by atoms with Gasteiger partial charge in [0.05, 0.1) is 13.5 Å². The minimum Gasteiger partial charge on any atom is -0.469 e. The van der Waals surface area contributed by atoms with Crippen LogP contribution in [-0.4, -0.2) is 30.6 Å². The molecule has 7 heteroatoms. The van der Waals surface area contributed by atoms with Crippen LogP contribution >= 0.6 is 11.6 Å². The summed E-state index contributed by atoms with van der Waals surface area (Å²) in [6, 6.07) is 17.8. The molecule has 0 N–H and O–H groups in total. The van der Waals surface area contributed by atoms with E-state index in [0.717, 1.165) is 16.7 Å². The molecule has 33 heavy (non-hydrogen) atoms. The number of rotatable bonds is 5. The maximum atomic E-state index is 14.6. The fourth-order valence-electron chi connectivity index (χ4n) is 3.98. The predicted molar refractivity (Wildman–Crippen MR) is 123 cm³/mol. The molecule has 0 saturated heterocycles. The summed E-state index contributed by atoms with van der Waals surface area (Å²) in [5.41, 5.74) is 4.28. The van der Waals surface area contributed by atoms with Crippen LogP contribution in [0, 0.1) is 5.82 Å². The van der Waals surface area contributed by atoms with Gasteiger partial charge in [0.2, 0.25) is 0 Å². The molecular formula is C26H23ClFNO4. The zero-order chi connectivity index (χ0) is 23.4. The zero-order valence-electron chi connectivity index (χ0n) is 18.1. The number of nitrogens with zero attached hydrogens (tertiary/aromatic N) is 1. The maximum Gasteiger partial charge on any atom is 0.410 e. The van der Waals surface area contributed by atoms with E-state index < -0.39 is 6.09 Å². The third-order valence-electron chi connectivity index (χ3n) is 5.72. The average Bonchev–Trinajstić information content (AvgIpc) is 2.84. The van der Waals surface area contributed by atoms with E-state index in [4.69, 9.17) is 21.1 Å². The van der Waals surface area contributed by atoms with Crippen LogP contribution in [0.2, 0.25) is 5.02 Å². The number of hydrogen-bond acceptors (Lipinski definition) is 4. The van der Waals surface area contributed by atoms with Gasteiger partial charge in [0, 0.05) is 23.7 Å². The molecule has 170 valence electrons. The molecule has 0 bridgehead atoms. The van der Waals surface area contributed by atoms with Crippen molar-refractivity contribution in [2.24, 2.45) is 0 Å². The van der Waals surface area contributed by atoms with Crippen LogP contribution in [0.5, 0.6) is 0 Å². The molecular weight excluding hydrogens is 445 g/mol. The van der Waals surface area contributed by atoms with E-state index in [2.05, 4.69) is 0 Å². The van der Waals surface area contributed by atoms with Gasteiger partial charge >= 0.3 is 12.1 Å². The highest BCUT2D eigenvalue weighted by molar-refractivity contribution is 6.33. The normalized spacial score (nSPS) is 12.8. The second-order valence-corrected chi connectivity index (χ2v) is 8.24. The van der Waals surface area contributed by atoms with Crippen molar-refractivity contribution in [3.63, 3.8) is 0 Å². The van der Waals surface area contributed by atoms with E-state index in [9.17, 15) is 14.0 Å². The summed E-state index contributed by atoms with van der Waals surface area (Å²) in [4.78, 5) is 26.0. The molecule has 0 saturated carbocycles. The van der Waals surface area contributed by atoms with Crippen molar-refractivity contribution in [2.45, 2.75) is 26.0 Å². The quantitative estimate of drug-likeness (QED) is 0.461. The van der Waals surface area contributed by atoms with Crippen molar-refractivity contribution in [1.29, 1.82) is 0 Å². The average molecular weight is 468 g/mol. The third kappa shape index (κ3) is 5.17. The van der Waals surface area contributed by atoms with E-state index in [0.29, 0.717) is 34.7 Å². The van der Waals surface area contributed by atoms with Crippen molar-refractivity contribution >= 4 is 23.7 Å². The maximum absolute atomic E-state index is 14.6. The SMILES string of the molecule is COC(=O)Cc1ccc(Cl)c(-c2ccc(F)c3c2CN(C(=O)OCc2ccccc2)CC3)c1. The lowest BCUT2D eigenvalue weighted by atomic mass is 9.90. The lowest BCUT2D eigenvalue weighted by molar-refractivity contribution is -0.139. The first-order valence-corrected chi connectivity index (χ1v) is 11.0. The van der Waals surface area contributed by atoms with Gasteiger partial charge in [0.15, 0.2) is 0 Å². The minimum absolute atomic E-state index is 0.0992. The largest absolute Gasteiger partial charge is 0.469 e. The number of carbonyl (C=O) groups excluding carboxylic acids is 2. The van der Waals surface area contributed by atoms with Crippen LogP contribution in [0.4, 0.5) is 9.18 Å². The standard InChI is InChI=1S/C26H23ClFNO4/c1-32-25(30)14-18-7-9-23(27)21(13-18)19-8-10-24(28)20-11-12-29(15-22(19)20)26(31)33-16-17-5-3-2-4-6-17/h2-10,13H,11-12,14-16H2,1H3. The van der Waals surface area contributed by atoms with Gasteiger partial charge < -0.3 is 14.4 Å². The predicted octanol–water partition coefficient (Wildman–Crippen LogP) is 5.56. The molecule has 1 aliphatic rings. The highest BCUT2D eigenvalue weighted by Crippen LogP contribution is 2.36. The number of benzene rings is 3. The number of carbonyl (C=O) groups is 2. The molecule has 3 aromatic carbocycles. The lowest BCUT2D eigenvalue weighted by Crippen LogP contribution is -2.37. The fraction of sp³-hybridized carbons (Fsp3) is 0.231. The zero-order valence-corrected chi connectivity index (χ0v) is 18.9. The lowest BCUT2D eigenvalue weighted by Gasteiger charge is -2.30. The van der Waals surface area contributed by atoms with Gasteiger partial charge in [-0.25, -0.2) is 9.18 Å².